The van der Waals surface area contributed by atoms with Crippen LogP contribution in [0.5, 0.6) is 5.75 Å². The zero-order chi connectivity index (χ0) is 14.7. The third-order valence-electron chi connectivity index (χ3n) is 2.84. The van der Waals surface area contributed by atoms with Crippen LogP contribution in [-0.2, 0) is 6.61 Å². The average Bonchev–Trinajstić information content (AvgIpc) is 2.41. The summed E-state index contributed by atoms with van der Waals surface area (Å²) in [6, 6.07) is 8.27. The molecule has 0 unspecified atom stereocenters. The van der Waals surface area contributed by atoms with Gasteiger partial charge in [-0.05, 0) is 31.2 Å². The van der Waals surface area contributed by atoms with Gasteiger partial charge in [0, 0.05) is 11.1 Å². The van der Waals surface area contributed by atoms with E-state index in [0.717, 1.165) is 0 Å². The predicted molar refractivity (Wildman–Crippen MR) is 72.8 cm³/mol. The molecule has 2 aromatic rings. The lowest BCUT2D eigenvalue weighted by Crippen LogP contribution is -2.02. The van der Waals surface area contributed by atoms with E-state index in [9.17, 15) is 13.9 Å². The molecule has 1 atom stereocenters. The van der Waals surface area contributed by atoms with E-state index in [4.69, 9.17) is 16.3 Å². The van der Waals surface area contributed by atoms with Crippen molar-refractivity contribution in [2.24, 2.45) is 0 Å². The molecule has 0 aliphatic heterocycles. The van der Waals surface area contributed by atoms with Gasteiger partial charge in [0.15, 0.2) is 0 Å². The van der Waals surface area contributed by atoms with Gasteiger partial charge in [-0.3, -0.25) is 0 Å². The van der Waals surface area contributed by atoms with Crippen molar-refractivity contribution in [3.63, 3.8) is 0 Å². The second kappa shape index (κ2) is 6.20. The summed E-state index contributed by atoms with van der Waals surface area (Å²) in [5, 5.41) is 9.59. The first kappa shape index (κ1) is 14.8. The lowest BCUT2D eigenvalue weighted by molar-refractivity contribution is 0.189. The third-order valence-corrected chi connectivity index (χ3v) is 3.26. The number of ether oxygens (including phenoxy) is 1. The molecule has 0 aliphatic rings. The molecule has 0 saturated carbocycles. The number of aliphatic hydroxyl groups is 1. The molecule has 0 aromatic heterocycles. The molecular formula is C15H13ClF2O2. The minimum Gasteiger partial charge on any atom is -0.488 e. The largest absolute Gasteiger partial charge is 0.488 e. The molecular weight excluding hydrogens is 286 g/mol. The molecule has 1 N–H and O–H groups in total. The fourth-order valence-electron chi connectivity index (χ4n) is 1.79. The van der Waals surface area contributed by atoms with Crippen molar-refractivity contribution < 1.29 is 18.6 Å². The van der Waals surface area contributed by atoms with Gasteiger partial charge in [-0.2, -0.15) is 0 Å². The van der Waals surface area contributed by atoms with E-state index in [2.05, 4.69) is 0 Å². The summed E-state index contributed by atoms with van der Waals surface area (Å²) in [5.41, 5.74) is 0.810. The molecule has 0 heterocycles. The molecule has 2 nitrogen and oxygen atoms in total. The second-order valence-corrected chi connectivity index (χ2v) is 4.74. The van der Waals surface area contributed by atoms with Crippen LogP contribution in [0.3, 0.4) is 0 Å². The van der Waals surface area contributed by atoms with Crippen LogP contribution >= 0.6 is 11.6 Å². The van der Waals surface area contributed by atoms with Crippen molar-refractivity contribution >= 4 is 11.6 Å². The van der Waals surface area contributed by atoms with Gasteiger partial charge in [0.1, 0.15) is 24.0 Å². The fourth-order valence-corrected chi connectivity index (χ4v) is 1.97. The Labute approximate surface area is 120 Å². The molecule has 0 saturated heterocycles. The van der Waals surface area contributed by atoms with Crippen molar-refractivity contribution in [2.45, 2.75) is 19.6 Å². The molecule has 0 spiro atoms. The first-order valence-corrected chi connectivity index (χ1v) is 6.40. The minimum atomic E-state index is -0.872. The van der Waals surface area contributed by atoms with Gasteiger partial charge in [-0.1, -0.05) is 23.7 Å². The highest BCUT2D eigenvalue weighted by atomic mass is 35.5. The van der Waals surface area contributed by atoms with E-state index in [0.29, 0.717) is 16.9 Å². The van der Waals surface area contributed by atoms with Crippen LogP contribution in [0, 0.1) is 11.6 Å². The summed E-state index contributed by atoms with van der Waals surface area (Å²) in [5.74, 6) is -0.651. The molecule has 2 rings (SSSR count). The molecule has 0 bridgehead atoms. The quantitative estimate of drug-likeness (QED) is 0.914. The van der Waals surface area contributed by atoms with Crippen LogP contribution in [0.1, 0.15) is 24.2 Å². The summed E-state index contributed by atoms with van der Waals surface area (Å²) in [6.07, 6.45) is -0.872. The van der Waals surface area contributed by atoms with Crippen LogP contribution in [0.4, 0.5) is 8.78 Å². The normalized spacial score (nSPS) is 12.2. The number of aliphatic hydroxyl groups excluding tert-OH is 1. The summed E-state index contributed by atoms with van der Waals surface area (Å²) < 4.78 is 31.9. The van der Waals surface area contributed by atoms with E-state index in [1.54, 1.807) is 6.07 Å². The van der Waals surface area contributed by atoms with E-state index < -0.39 is 17.7 Å². The van der Waals surface area contributed by atoms with Gasteiger partial charge < -0.3 is 9.84 Å². The Morgan fingerprint density at radius 3 is 2.70 bits per heavy atom. The van der Waals surface area contributed by atoms with Crippen LogP contribution in [0.15, 0.2) is 36.4 Å². The number of halogens is 3. The van der Waals surface area contributed by atoms with Gasteiger partial charge in [0.25, 0.3) is 0 Å². The fraction of sp³-hybridized carbons (Fsp3) is 0.200. The molecule has 0 fully saturated rings. The second-order valence-electron chi connectivity index (χ2n) is 4.36. The maximum absolute atomic E-state index is 13.3. The van der Waals surface area contributed by atoms with E-state index in [1.165, 1.54) is 37.3 Å². The Morgan fingerprint density at radius 2 is 2.00 bits per heavy atom. The van der Waals surface area contributed by atoms with Crippen LogP contribution in [0.2, 0.25) is 5.02 Å². The van der Waals surface area contributed by atoms with Crippen molar-refractivity contribution in [2.75, 3.05) is 0 Å². The Kier molecular flexibility index (Phi) is 4.57. The zero-order valence-electron chi connectivity index (χ0n) is 10.7. The van der Waals surface area contributed by atoms with Gasteiger partial charge in [-0.25, -0.2) is 8.78 Å². The monoisotopic (exact) mass is 298 g/mol. The molecule has 2 aromatic carbocycles. The van der Waals surface area contributed by atoms with Gasteiger partial charge >= 0.3 is 0 Å². The molecule has 0 radical (unpaired) electrons. The maximum Gasteiger partial charge on any atom is 0.142 e. The lowest BCUT2D eigenvalue weighted by Gasteiger charge is -2.14. The molecule has 0 amide bonds. The van der Waals surface area contributed by atoms with Gasteiger partial charge in [0.2, 0.25) is 0 Å². The summed E-state index contributed by atoms with van der Waals surface area (Å²) >= 11 is 5.82. The van der Waals surface area contributed by atoms with E-state index in [-0.39, 0.29) is 11.6 Å². The predicted octanol–water partition coefficient (Wildman–Crippen LogP) is 4.25. The Balaban J connectivity index is 2.21. The van der Waals surface area contributed by atoms with E-state index in [1.807, 2.05) is 0 Å². The summed E-state index contributed by atoms with van der Waals surface area (Å²) in [4.78, 5) is 0. The van der Waals surface area contributed by atoms with Crippen molar-refractivity contribution in [1.82, 2.24) is 0 Å². The van der Waals surface area contributed by atoms with Crippen molar-refractivity contribution in [3.8, 4) is 5.75 Å². The number of benzene rings is 2. The first-order chi connectivity index (χ1) is 9.49. The standard InChI is InChI=1S/C15H13ClF2O2/c1-9(19)12-7-11(17)5-6-14(12)20-8-10-3-2-4-13(18)15(10)16/h2-7,9,19H,8H2,1H3/t9-/m1/s1. The smallest absolute Gasteiger partial charge is 0.142 e. The zero-order valence-corrected chi connectivity index (χ0v) is 11.5. The van der Waals surface area contributed by atoms with Crippen LogP contribution < -0.4 is 4.74 Å². The topological polar surface area (TPSA) is 29.5 Å². The molecule has 106 valence electrons. The number of hydrogen-bond donors (Lipinski definition) is 1. The minimum absolute atomic E-state index is 0.00629. The Bertz CT molecular complexity index is 615. The molecule has 20 heavy (non-hydrogen) atoms. The van der Waals surface area contributed by atoms with Crippen LogP contribution in [0.25, 0.3) is 0 Å². The average molecular weight is 299 g/mol. The Morgan fingerprint density at radius 1 is 1.25 bits per heavy atom. The highest BCUT2D eigenvalue weighted by Gasteiger charge is 2.12. The molecule has 0 aliphatic carbocycles. The lowest BCUT2D eigenvalue weighted by atomic mass is 10.1. The Hall–Kier alpha value is -1.65. The maximum atomic E-state index is 13.3. The van der Waals surface area contributed by atoms with Crippen molar-refractivity contribution in [1.29, 1.82) is 0 Å². The SMILES string of the molecule is C[C@@H](O)c1cc(F)ccc1OCc1cccc(F)c1Cl. The number of hydrogen-bond acceptors (Lipinski definition) is 2. The highest BCUT2D eigenvalue weighted by Crippen LogP contribution is 2.28. The first-order valence-electron chi connectivity index (χ1n) is 6.02. The molecule has 5 heteroatoms. The summed E-state index contributed by atoms with van der Waals surface area (Å²) in [6.45, 7) is 1.54. The number of rotatable bonds is 4. The summed E-state index contributed by atoms with van der Waals surface area (Å²) in [7, 11) is 0. The van der Waals surface area contributed by atoms with Crippen LogP contribution in [-0.4, -0.2) is 5.11 Å². The highest BCUT2D eigenvalue weighted by molar-refractivity contribution is 6.31. The van der Waals surface area contributed by atoms with Gasteiger partial charge in [0.05, 0.1) is 11.1 Å². The third kappa shape index (κ3) is 3.26. The van der Waals surface area contributed by atoms with Crippen molar-refractivity contribution in [3.05, 3.63) is 64.2 Å². The van der Waals surface area contributed by atoms with E-state index >= 15 is 0 Å². The van der Waals surface area contributed by atoms with Gasteiger partial charge in [-0.15, -0.1) is 0 Å².